The van der Waals surface area contributed by atoms with Gasteiger partial charge in [0.2, 0.25) is 5.91 Å². The summed E-state index contributed by atoms with van der Waals surface area (Å²) in [5.74, 6) is -0.482. The molecule has 0 spiro atoms. The number of carbonyl (C=O) groups excluding carboxylic acids is 1. The molecular weight excluding hydrogens is 318 g/mol. The normalized spacial score (nSPS) is 11.9. The Hall–Kier alpha value is -2.01. The van der Waals surface area contributed by atoms with Crippen LogP contribution in [0, 0.1) is 0 Å². The second kappa shape index (κ2) is 5.96. The second-order valence-electron chi connectivity index (χ2n) is 4.58. The van der Waals surface area contributed by atoms with E-state index < -0.39 is 5.91 Å². The molecule has 1 unspecified atom stereocenters. The highest BCUT2D eigenvalue weighted by Crippen LogP contribution is 2.25. The molecule has 1 atom stereocenters. The van der Waals surface area contributed by atoms with Gasteiger partial charge in [0.05, 0.1) is 11.4 Å². The Labute approximate surface area is 126 Å². The van der Waals surface area contributed by atoms with E-state index in [0.29, 0.717) is 11.3 Å². The summed E-state index contributed by atoms with van der Waals surface area (Å²) in [6, 6.07) is 13.2. The van der Waals surface area contributed by atoms with Gasteiger partial charge in [-0.2, -0.15) is 0 Å². The molecule has 0 saturated heterocycles. The van der Waals surface area contributed by atoms with E-state index in [2.05, 4.69) is 21.2 Å². The third-order valence-electron chi connectivity index (χ3n) is 3.08. The number of halogens is 1. The molecule has 0 radical (unpaired) electrons. The van der Waals surface area contributed by atoms with Crippen LogP contribution in [0.25, 0.3) is 0 Å². The summed E-state index contributed by atoms with van der Waals surface area (Å²) >= 11 is 3.41. The second-order valence-corrected chi connectivity index (χ2v) is 5.50. The molecule has 0 aliphatic heterocycles. The molecule has 5 N–H and O–H groups in total. The SMILES string of the molecule is CC(Nc1ccc(C(N)=O)cc1N)c1ccc(Br)cc1. The van der Waals surface area contributed by atoms with E-state index in [1.165, 1.54) is 0 Å². The fourth-order valence-corrected chi connectivity index (χ4v) is 2.18. The van der Waals surface area contributed by atoms with E-state index >= 15 is 0 Å². The summed E-state index contributed by atoms with van der Waals surface area (Å²) in [6.45, 7) is 2.05. The molecule has 2 rings (SSSR count). The van der Waals surface area contributed by atoms with Gasteiger partial charge < -0.3 is 16.8 Å². The first kappa shape index (κ1) is 14.4. The number of rotatable bonds is 4. The van der Waals surface area contributed by atoms with Crippen LogP contribution in [0.15, 0.2) is 46.9 Å². The van der Waals surface area contributed by atoms with Crippen molar-refractivity contribution in [2.24, 2.45) is 5.73 Å². The van der Waals surface area contributed by atoms with Crippen LogP contribution in [-0.2, 0) is 0 Å². The number of nitrogen functional groups attached to an aromatic ring is 1. The van der Waals surface area contributed by atoms with Crippen molar-refractivity contribution in [3.63, 3.8) is 0 Å². The molecule has 0 heterocycles. The van der Waals surface area contributed by atoms with Gasteiger partial charge in [-0.3, -0.25) is 4.79 Å². The minimum atomic E-state index is -0.482. The van der Waals surface area contributed by atoms with Crippen LogP contribution in [-0.4, -0.2) is 5.91 Å². The van der Waals surface area contributed by atoms with E-state index in [4.69, 9.17) is 11.5 Å². The van der Waals surface area contributed by atoms with Crippen molar-refractivity contribution in [1.29, 1.82) is 0 Å². The zero-order valence-corrected chi connectivity index (χ0v) is 12.6. The van der Waals surface area contributed by atoms with E-state index in [1.807, 2.05) is 31.2 Å². The quantitative estimate of drug-likeness (QED) is 0.751. The topological polar surface area (TPSA) is 81.1 Å². The summed E-state index contributed by atoms with van der Waals surface area (Å²) < 4.78 is 1.04. The lowest BCUT2D eigenvalue weighted by molar-refractivity contribution is 0.100. The number of hydrogen-bond acceptors (Lipinski definition) is 3. The monoisotopic (exact) mass is 333 g/mol. The largest absolute Gasteiger partial charge is 0.397 e. The number of amides is 1. The van der Waals surface area contributed by atoms with Gasteiger partial charge in [0, 0.05) is 16.1 Å². The molecule has 0 saturated carbocycles. The minimum absolute atomic E-state index is 0.102. The van der Waals surface area contributed by atoms with Crippen molar-refractivity contribution in [2.75, 3.05) is 11.1 Å². The van der Waals surface area contributed by atoms with Crippen LogP contribution in [0.3, 0.4) is 0 Å². The highest BCUT2D eigenvalue weighted by molar-refractivity contribution is 9.10. The van der Waals surface area contributed by atoms with E-state index in [9.17, 15) is 4.79 Å². The smallest absolute Gasteiger partial charge is 0.248 e. The van der Waals surface area contributed by atoms with Crippen LogP contribution in [0.1, 0.15) is 28.9 Å². The molecule has 0 aromatic heterocycles. The highest BCUT2D eigenvalue weighted by atomic mass is 79.9. The maximum absolute atomic E-state index is 11.1. The number of primary amides is 1. The summed E-state index contributed by atoms with van der Waals surface area (Å²) in [5.41, 5.74) is 14.0. The summed E-state index contributed by atoms with van der Waals surface area (Å²) in [5, 5.41) is 3.32. The molecule has 20 heavy (non-hydrogen) atoms. The summed E-state index contributed by atoms with van der Waals surface area (Å²) in [6.07, 6.45) is 0. The number of nitrogens with one attached hydrogen (secondary N) is 1. The maximum Gasteiger partial charge on any atom is 0.248 e. The Morgan fingerprint density at radius 2 is 1.85 bits per heavy atom. The zero-order valence-electron chi connectivity index (χ0n) is 11.1. The van der Waals surface area contributed by atoms with Crippen LogP contribution >= 0.6 is 15.9 Å². The Bertz CT molecular complexity index is 626. The lowest BCUT2D eigenvalue weighted by Gasteiger charge is -2.17. The number of hydrogen-bond donors (Lipinski definition) is 3. The Balaban J connectivity index is 2.17. The number of benzene rings is 2. The Morgan fingerprint density at radius 3 is 2.40 bits per heavy atom. The molecule has 0 aliphatic rings. The predicted octanol–water partition coefficient (Wildman–Crippen LogP) is 3.30. The molecule has 4 nitrogen and oxygen atoms in total. The standard InChI is InChI=1S/C15H16BrN3O/c1-9(10-2-5-12(16)6-3-10)19-14-7-4-11(15(18)20)8-13(14)17/h2-9,19H,17H2,1H3,(H2,18,20). The van der Waals surface area contributed by atoms with Crippen molar-refractivity contribution < 1.29 is 4.79 Å². The Morgan fingerprint density at radius 1 is 1.20 bits per heavy atom. The van der Waals surface area contributed by atoms with Crippen LogP contribution in [0.5, 0.6) is 0 Å². The first-order valence-corrected chi connectivity index (χ1v) is 6.98. The average Bonchev–Trinajstić information content (AvgIpc) is 2.41. The van der Waals surface area contributed by atoms with Gasteiger partial charge in [-0.15, -0.1) is 0 Å². The third kappa shape index (κ3) is 3.30. The van der Waals surface area contributed by atoms with Gasteiger partial charge >= 0.3 is 0 Å². The summed E-state index contributed by atoms with van der Waals surface area (Å²) in [4.78, 5) is 11.1. The average molecular weight is 334 g/mol. The van der Waals surface area contributed by atoms with E-state index in [0.717, 1.165) is 15.7 Å². The fraction of sp³-hybridized carbons (Fsp3) is 0.133. The first-order valence-electron chi connectivity index (χ1n) is 6.18. The molecule has 2 aromatic carbocycles. The number of anilines is 2. The van der Waals surface area contributed by atoms with Crippen molar-refractivity contribution in [3.8, 4) is 0 Å². The number of nitrogens with two attached hydrogens (primary N) is 2. The molecular formula is C15H16BrN3O. The van der Waals surface area contributed by atoms with E-state index in [1.54, 1.807) is 18.2 Å². The molecule has 5 heteroatoms. The van der Waals surface area contributed by atoms with Crippen molar-refractivity contribution in [3.05, 3.63) is 58.1 Å². The van der Waals surface area contributed by atoms with Crippen molar-refractivity contribution >= 4 is 33.2 Å². The lowest BCUT2D eigenvalue weighted by Crippen LogP contribution is -2.13. The summed E-state index contributed by atoms with van der Waals surface area (Å²) in [7, 11) is 0. The van der Waals surface area contributed by atoms with Crippen LogP contribution in [0.4, 0.5) is 11.4 Å². The van der Waals surface area contributed by atoms with E-state index in [-0.39, 0.29) is 6.04 Å². The molecule has 1 amide bonds. The van der Waals surface area contributed by atoms with Crippen LogP contribution < -0.4 is 16.8 Å². The maximum atomic E-state index is 11.1. The van der Waals surface area contributed by atoms with Crippen LogP contribution in [0.2, 0.25) is 0 Å². The Kier molecular flexibility index (Phi) is 4.29. The van der Waals surface area contributed by atoms with Gasteiger partial charge in [-0.25, -0.2) is 0 Å². The number of carbonyl (C=O) groups is 1. The van der Waals surface area contributed by atoms with Crippen molar-refractivity contribution in [2.45, 2.75) is 13.0 Å². The van der Waals surface area contributed by atoms with Gasteiger partial charge in [0.15, 0.2) is 0 Å². The lowest BCUT2D eigenvalue weighted by atomic mass is 10.1. The highest BCUT2D eigenvalue weighted by Gasteiger charge is 2.09. The van der Waals surface area contributed by atoms with Gasteiger partial charge in [0.25, 0.3) is 0 Å². The minimum Gasteiger partial charge on any atom is -0.397 e. The molecule has 0 fully saturated rings. The first-order chi connectivity index (χ1) is 9.47. The van der Waals surface area contributed by atoms with Gasteiger partial charge in [-0.1, -0.05) is 28.1 Å². The molecule has 0 aliphatic carbocycles. The van der Waals surface area contributed by atoms with Gasteiger partial charge in [-0.05, 0) is 42.8 Å². The fourth-order valence-electron chi connectivity index (χ4n) is 1.92. The molecule has 104 valence electrons. The van der Waals surface area contributed by atoms with Gasteiger partial charge in [0.1, 0.15) is 0 Å². The third-order valence-corrected chi connectivity index (χ3v) is 3.61. The molecule has 2 aromatic rings. The van der Waals surface area contributed by atoms with Crippen molar-refractivity contribution in [1.82, 2.24) is 0 Å². The zero-order chi connectivity index (χ0) is 14.7. The molecule has 0 bridgehead atoms. The predicted molar refractivity (Wildman–Crippen MR) is 85.6 cm³/mol.